The molecule has 0 bridgehead atoms. The third-order valence-corrected chi connectivity index (χ3v) is 5.36. The Morgan fingerprint density at radius 3 is 2.86 bits per heavy atom. The van der Waals surface area contributed by atoms with Crippen LogP contribution in [0.5, 0.6) is 0 Å². The van der Waals surface area contributed by atoms with Crippen LogP contribution in [0, 0.1) is 0 Å². The predicted molar refractivity (Wildman–Crippen MR) is 112 cm³/mol. The lowest BCUT2D eigenvalue weighted by atomic mass is 10.1. The van der Waals surface area contributed by atoms with Gasteiger partial charge in [-0.1, -0.05) is 0 Å². The van der Waals surface area contributed by atoms with Crippen LogP contribution in [0.3, 0.4) is 0 Å². The van der Waals surface area contributed by atoms with Crippen LogP contribution in [0.25, 0.3) is 21.8 Å². The number of aryl methyl sites for hydroxylation is 1. The SMILES string of the molecule is Cn1ncc2cc(Nc3nc(N4CCC(O)CC4)nc4cc[nH]c(=O)c34)ccc21. The molecule has 3 N–H and O–H groups in total. The smallest absolute Gasteiger partial charge is 0.261 e. The number of fused-ring (bicyclic) bond motifs is 2. The first-order chi connectivity index (χ1) is 14.1. The molecule has 1 aliphatic heterocycles. The third kappa shape index (κ3) is 3.19. The van der Waals surface area contributed by atoms with E-state index in [-0.39, 0.29) is 11.7 Å². The molecular weight excluding hydrogens is 370 g/mol. The molecule has 148 valence electrons. The van der Waals surface area contributed by atoms with Crippen molar-refractivity contribution >= 4 is 39.3 Å². The Bertz CT molecular complexity index is 1250. The lowest BCUT2D eigenvalue weighted by Gasteiger charge is -2.29. The van der Waals surface area contributed by atoms with Crippen LogP contribution in [-0.2, 0) is 7.05 Å². The molecule has 1 aromatic carbocycles. The maximum absolute atomic E-state index is 12.5. The van der Waals surface area contributed by atoms with Crippen molar-refractivity contribution < 1.29 is 5.11 Å². The average molecular weight is 391 g/mol. The van der Waals surface area contributed by atoms with E-state index >= 15 is 0 Å². The van der Waals surface area contributed by atoms with Crippen LogP contribution >= 0.6 is 0 Å². The summed E-state index contributed by atoms with van der Waals surface area (Å²) in [6.45, 7) is 1.36. The lowest BCUT2D eigenvalue weighted by molar-refractivity contribution is 0.145. The fourth-order valence-electron chi connectivity index (χ4n) is 3.75. The molecule has 0 unspecified atom stereocenters. The summed E-state index contributed by atoms with van der Waals surface area (Å²) in [5, 5.41) is 18.8. The maximum Gasteiger partial charge on any atom is 0.261 e. The number of aliphatic hydroxyl groups excluding tert-OH is 1. The van der Waals surface area contributed by atoms with Crippen LogP contribution in [0.2, 0.25) is 0 Å². The topological polar surface area (TPSA) is 112 Å². The van der Waals surface area contributed by atoms with Gasteiger partial charge in [0.2, 0.25) is 5.95 Å². The van der Waals surface area contributed by atoms with Crippen molar-refractivity contribution in [2.24, 2.45) is 7.05 Å². The fourth-order valence-corrected chi connectivity index (χ4v) is 3.75. The number of benzene rings is 1. The zero-order valence-corrected chi connectivity index (χ0v) is 16.0. The van der Waals surface area contributed by atoms with E-state index in [1.165, 1.54) is 0 Å². The molecule has 1 saturated heterocycles. The Balaban J connectivity index is 1.59. The van der Waals surface area contributed by atoms with Crippen LogP contribution < -0.4 is 15.8 Å². The summed E-state index contributed by atoms with van der Waals surface area (Å²) in [7, 11) is 1.90. The summed E-state index contributed by atoms with van der Waals surface area (Å²) in [5.74, 6) is 1.01. The van der Waals surface area contributed by atoms with Gasteiger partial charge in [-0.2, -0.15) is 10.1 Å². The van der Waals surface area contributed by atoms with Gasteiger partial charge in [-0.25, -0.2) is 4.98 Å². The van der Waals surface area contributed by atoms with Crippen molar-refractivity contribution in [2.75, 3.05) is 23.3 Å². The molecule has 0 saturated carbocycles. The molecule has 0 spiro atoms. The van der Waals surface area contributed by atoms with Gasteiger partial charge in [0.25, 0.3) is 5.56 Å². The average Bonchev–Trinajstić information content (AvgIpc) is 3.08. The summed E-state index contributed by atoms with van der Waals surface area (Å²) in [6, 6.07) is 7.66. The predicted octanol–water partition coefficient (Wildman–Crippen LogP) is 1.91. The van der Waals surface area contributed by atoms with Crippen LogP contribution in [-0.4, -0.2) is 49.0 Å². The first-order valence-corrected chi connectivity index (χ1v) is 9.60. The number of aromatic nitrogens is 5. The summed E-state index contributed by atoms with van der Waals surface area (Å²) in [4.78, 5) is 26.5. The van der Waals surface area contributed by atoms with Gasteiger partial charge in [0.1, 0.15) is 11.2 Å². The number of aromatic amines is 1. The van der Waals surface area contributed by atoms with Gasteiger partial charge in [-0.15, -0.1) is 0 Å². The summed E-state index contributed by atoms with van der Waals surface area (Å²) < 4.78 is 1.81. The van der Waals surface area contributed by atoms with Gasteiger partial charge in [0, 0.05) is 37.4 Å². The minimum atomic E-state index is -0.279. The molecule has 4 aromatic rings. The monoisotopic (exact) mass is 391 g/mol. The molecule has 0 aliphatic carbocycles. The van der Waals surface area contributed by atoms with Crippen molar-refractivity contribution in [3.05, 3.63) is 47.0 Å². The molecule has 29 heavy (non-hydrogen) atoms. The number of aliphatic hydroxyl groups is 1. The highest BCUT2D eigenvalue weighted by atomic mass is 16.3. The van der Waals surface area contributed by atoms with Gasteiger partial charge in [-0.3, -0.25) is 9.48 Å². The van der Waals surface area contributed by atoms with E-state index < -0.39 is 0 Å². The van der Waals surface area contributed by atoms with Gasteiger partial charge in [0.05, 0.1) is 23.3 Å². The van der Waals surface area contributed by atoms with Gasteiger partial charge < -0.3 is 20.3 Å². The normalized spacial score (nSPS) is 15.3. The number of nitrogens with one attached hydrogen (secondary N) is 2. The summed E-state index contributed by atoms with van der Waals surface area (Å²) >= 11 is 0. The Morgan fingerprint density at radius 1 is 1.21 bits per heavy atom. The second-order valence-corrected chi connectivity index (χ2v) is 7.32. The minimum absolute atomic E-state index is 0.243. The first kappa shape index (κ1) is 17.6. The summed E-state index contributed by atoms with van der Waals surface area (Å²) in [5.41, 5.74) is 2.17. The maximum atomic E-state index is 12.5. The number of piperidine rings is 1. The number of anilines is 3. The van der Waals surface area contributed by atoms with Gasteiger partial charge in [-0.05, 0) is 37.1 Å². The van der Waals surface area contributed by atoms with Crippen LogP contribution in [0.4, 0.5) is 17.5 Å². The van der Waals surface area contributed by atoms with Crippen molar-refractivity contribution in [2.45, 2.75) is 18.9 Å². The van der Waals surface area contributed by atoms with Crippen molar-refractivity contribution in [3.63, 3.8) is 0 Å². The Morgan fingerprint density at radius 2 is 2.03 bits per heavy atom. The fraction of sp³-hybridized carbons (Fsp3) is 0.300. The molecule has 4 heterocycles. The van der Waals surface area contributed by atoms with E-state index in [1.54, 1.807) is 18.5 Å². The van der Waals surface area contributed by atoms with E-state index in [9.17, 15) is 9.90 Å². The Labute approximate surface area is 166 Å². The van der Waals surface area contributed by atoms with Gasteiger partial charge >= 0.3 is 0 Å². The number of rotatable bonds is 3. The number of hydrogen-bond donors (Lipinski definition) is 3. The molecule has 5 rings (SSSR count). The third-order valence-electron chi connectivity index (χ3n) is 5.36. The zero-order valence-electron chi connectivity index (χ0n) is 16.0. The van der Waals surface area contributed by atoms with E-state index in [0.717, 1.165) is 16.6 Å². The van der Waals surface area contributed by atoms with E-state index in [4.69, 9.17) is 0 Å². The summed E-state index contributed by atoms with van der Waals surface area (Å²) in [6.07, 6.45) is 4.47. The highest BCUT2D eigenvalue weighted by Crippen LogP contribution is 2.27. The lowest BCUT2D eigenvalue weighted by Crippen LogP contribution is -2.37. The Hall–Kier alpha value is -3.46. The van der Waals surface area contributed by atoms with Crippen LogP contribution in [0.15, 0.2) is 41.5 Å². The number of hydrogen-bond acceptors (Lipinski definition) is 7. The quantitative estimate of drug-likeness (QED) is 0.489. The van der Waals surface area contributed by atoms with Crippen molar-refractivity contribution in [3.8, 4) is 0 Å². The molecule has 0 amide bonds. The van der Waals surface area contributed by atoms with Gasteiger partial charge in [0.15, 0.2) is 0 Å². The molecule has 1 aliphatic rings. The number of H-pyrrole nitrogens is 1. The molecule has 9 nitrogen and oxygen atoms in total. The number of nitrogens with zero attached hydrogens (tertiary/aromatic N) is 5. The molecule has 0 radical (unpaired) electrons. The van der Waals surface area contributed by atoms with Crippen LogP contribution in [0.1, 0.15) is 12.8 Å². The second kappa shape index (κ2) is 6.85. The van der Waals surface area contributed by atoms with E-state index in [1.807, 2.05) is 34.8 Å². The zero-order chi connectivity index (χ0) is 20.0. The molecule has 0 atom stereocenters. The number of pyridine rings is 1. The standard InChI is InChI=1S/C20H21N7O2/c1-26-16-3-2-13(10-12(16)11-22-26)23-18-17-15(4-7-21-19(17)29)24-20(25-18)27-8-5-14(28)6-9-27/h2-4,7,10-11,14,28H,5-6,8-9H2,1H3,(H,21,29)(H,23,24,25). The van der Waals surface area contributed by atoms with E-state index in [0.29, 0.717) is 48.6 Å². The first-order valence-electron chi connectivity index (χ1n) is 9.60. The van der Waals surface area contributed by atoms with Crippen molar-refractivity contribution in [1.82, 2.24) is 24.7 Å². The second-order valence-electron chi connectivity index (χ2n) is 7.32. The molecule has 3 aromatic heterocycles. The van der Waals surface area contributed by atoms with Crippen molar-refractivity contribution in [1.29, 1.82) is 0 Å². The molecular formula is C20H21N7O2. The molecule has 9 heteroatoms. The highest BCUT2D eigenvalue weighted by molar-refractivity contribution is 5.92. The largest absolute Gasteiger partial charge is 0.393 e. The van der Waals surface area contributed by atoms with E-state index in [2.05, 4.69) is 25.4 Å². The highest BCUT2D eigenvalue weighted by Gasteiger charge is 2.21. The Kier molecular flexibility index (Phi) is 4.17. The minimum Gasteiger partial charge on any atom is -0.393 e. The molecule has 1 fully saturated rings.